The van der Waals surface area contributed by atoms with Crippen molar-refractivity contribution < 1.29 is 4.39 Å². The van der Waals surface area contributed by atoms with E-state index in [1.54, 1.807) is 42.1 Å². The van der Waals surface area contributed by atoms with Crippen LogP contribution in [0.15, 0.2) is 36.5 Å². The van der Waals surface area contributed by atoms with Crippen LogP contribution in [0.4, 0.5) is 4.39 Å². The molecule has 24 heavy (non-hydrogen) atoms. The Morgan fingerprint density at radius 2 is 2.12 bits per heavy atom. The lowest BCUT2D eigenvalue weighted by Gasteiger charge is -2.00. The van der Waals surface area contributed by atoms with Crippen molar-refractivity contribution in [1.82, 2.24) is 29.9 Å². The van der Waals surface area contributed by atoms with E-state index in [1.165, 1.54) is 6.07 Å². The van der Waals surface area contributed by atoms with Crippen LogP contribution < -0.4 is 0 Å². The fraction of sp³-hybridized carbons (Fsp3) is 0.125. The number of aromatic nitrogens is 6. The molecule has 4 aromatic rings. The lowest BCUT2D eigenvalue weighted by atomic mass is 10.1. The predicted octanol–water partition coefficient (Wildman–Crippen LogP) is 3.23. The van der Waals surface area contributed by atoms with Crippen molar-refractivity contribution in [3.8, 4) is 5.95 Å². The number of aromatic amines is 1. The Labute approximate surface area is 141 Å². The topological polar surface area (TPSA) is 72.3 Å². The Kier molecular flexibility index (Phi) is 3.50. The third kappa shape index (κ3) is 2.52. The number of fused-ring (bicyclic) bond motifs is 1. The summed E-state index contributed by atoms with van der Waals surface area (Å²) in [5, 5.41) is 11.9. The largest absolute Gasteiger partial charge is 0.251 e. The summed E-state index contributed by atoms with van der Waals surface area (Å²) in [7, 11) is 0. The Bertz CT molecular complexity index is 1040. The molecule has 120 valence electrons. The molecule has 0 spiro atoms. The summed E-state index contributed by atoms with van der Waals surface area (Å²) in [6.45, 7) is 1.77. The maximum absolute atomic E-state index is 14.0. The summed E-state index contributed by atoms with van der Waals surface area (Å²) in [4.78, 5) is 8.65. The third-order valence-electron chi connectivity index (χ3n) is 3.66. The average molecular weight is 343 g/mol. The normalized spacial score (nSPS) is 11.3. The molecule has 8 heteroatoms. The van der Waals surface area contributed by atoms with E-state index >= 15 is 0 Å². The molecule has 3 aromatic heterocycles. The number of rotatable bonds is 3. The van der Waals surface area contributed by atoms with Crippen LogP contribution in [0, 0.1) is 12.7 Å². The molecule has 3 heterocycles. The number of nitrogens with one attached hydrogen (secondary N) is 1. The van der Waals surface area contributed by atoms with Gasteiger partial charge in [0.2, 0.25) is 5.95 Å². The van der Waals surface area contributed by atoms with Crippen molar-refractivity contribution in [3.63, 3.8) is 0 Å². The Morgan fingerprint density at radius 3 is 2.88 bits per heavy atom. The molecule has 0 radical (unpaired) electrons. The summed E-state index contributed by atoms with van der Waals surface area (Å²) in [6.07, 6.45) is 1.87. The van der Waals surface area contributed by atoms with E-state index in [-0.39, 0.29) is 5.82 Å². The molecule has 0 aliphatic heterocycles. The zero-order chi connectivity index (χ0) is 16.7. The number of hydrogen-bond donors (Lipinski definition) is 1. The number of pyridine rings is 1. The van der Waals surface area contributed by atoms with Crippen LogP contribution in [0.25, 0.3) is 17.0 Å². The Hall–Kier alpha value is -2.80. The van der Waals surface area contributed by atoms with Gasteiger partial charge >= 0.3 is 0 Å². The van der Waals surface area contributed by atoms with Gasteiger partial charge in [-0.25, -0.2) is 9.49 Å². The molecule has 0 unspecified atom stereocenters. The molecule has 1 aromatic carbocycles. The summed E-state index contributed by atoms with van der Waals surface area (Å²) < 4.78 is 15.6. The van der Waals surface area contributed by atoms with Crippen LogP contribution in [0.3, 0.4) is 0 Å². The first kappa shape index (κ1) is 14.8. The highest BCUT2D eigenvalue weighted by atomic mass is 35.5. The zero-order valence-electron chi connectivity index (χ0n) is 12.7. The molecule has 0 saturated carbocycles. The highest BCUT2D eigenvalue weighted by molar-refractivity contribution is 6.31. The minimum absolute atomic E-state index is 0.273. The first-order chi connectivity index (χ1) is 11.6. The number of nitrogens with zero attached hydrogens (tertiary/aromatic N) is 5. The molecule has 0 saturated heterocycles. The molecule has 4 rings (SSSR count). The highest BCUT2D eigenvalue weighted by Crippen LogP contribution is 2.24. The zero-order valence-corrected chi connectivity index (χ0v) is 13.4. The lowest BCUT2D eigenvalue weighted by Crippen LogP contribution is -2.00. The van der Waals surface area contributed by atoms with Gasteiger partial charge in [-0.3, -0.25) is 4.98 Å². The van der Waals surface area contributed by atoms with E-state index < -0.39 is 0 Å². The molecule has 0 aliphatic rings. The first-order valence-electron chi connectivity index (χ1n) is 7.28. The van der Waals surface area contributed by atoms with E-state index in [9.17, 15) is 4.39 Å². The van der Waals surface area contributed by atoms with Crippen molar-refractivity contribution in [3.05, 3.63) is 64.5 Å². The second-order valence-corrected chi connectivity index (χ2v) is 5.79. The summed E-state index contributed by atoms with van der Waals surface area (Å²) >= 11 is 6.07. The van der Waals surface area contributed by atoms with Crippen molar-refractivity contribution in [2.45, 2.75) is 13.3 Å². The predicted molar refractivity (Wildman–Crippen MR) is 87.8 cm³/mol. The SMILES string of the molecule is Cc1n[nH]c(-n2nc(Cc3ccccc3F)c3ncc(Cl)cc32)n1. The average Bonchev–Trinajstić information content (AvgIpc) is 3.13. The third-order valence-corrected chi connectivity index (χ3v) is 3.86. The molecule has 0 fully saturated rings. The van der Waals surface area contributed by atoms with E-state index in [2.05, 4.69) is 25.3 Å². The Balaban J connectivity index is 1.89. The van der Waals surface area contributed by atoms with Crippen molar-refractivity contribution in [1.29, 1.82) is 0 Å². The van der Waals surface area contributed by atoms with Gasteiger partial charge in [-0.2, -0.15) is 19.9 Å². The van der Waals surface area contributed by atoms with Gasteiger partial charge in [0.25, 0.3) is 0 Å². The molecule has 6 nitrogen and oxygen atoms in total. The van der Waals surface area contributed by atoms with Crippen LogP contribution in [0.1, 0.15) is 17.1 Å². The quantitative estimate of drug-likeness (QED) is 0.620. The van der Waals surface area contributed by atoms with Crippen molar-refractivity contribution in [2.24, 2.45) is 0 Å². The summed E-state index contributed by atoms with van der Waals surface area (Å²) in [5.74, 6) is 0.783. The fourth-order valence-corrected chi connectivity index (χ4v) is 2.72. The molecule has 0 aliphatic carbocycles. The van der Waals surface area contributed by atoms with E-state index in [0.29, 0.717) is 45.5 Å². The number of aryl methyl sites for hydroxylation is 1. The van der Waals surface area contributed by atoms with Crippen LogP contribution in [-0.4, -0.2) is 29.9 Å². The number of benzene rings is 1. The monoisotopic (exact) mass is 342 g/mol. The highest BCUT2D eigenvalue weighted by Gasteiger charge is 2.17. The molecular formula is C16H12ClFN6. The molecular weight excluding hydrogens is 331 g/mol. The van der Waals surface area contributed by atoms with Gasteiger partial charge in [-0.1, -0.05) is 29.8 Å². The molecule has 0 bridgehead atoms. The fourth-order valence-electron chi connectivity index (χ4n) is 2.57. The minimum Gasteiger partial charge on any atom is -0.251 e. The van der Waals surface area contributed by atoms with Gasteiger partial charge in [0.05, 0.1) is 16.2 Å². The standard InChI is InChI=1S/C16H12ClFN6/c1-9-20-16(22-21-9)24-14-7-11(17)8-19-15(14)13(23-24)6-10-4-2-3-5-12(10)18/h2-5,7-8H,6H2,1H3,(H,20,21,22). The van der Waals surface area contributed by atoms with Gasteiger partial charge < -0.3 is 0 Å². The van der Waals surface area contributed by atoms with E-state index in [4.69, 9.17) is 11.6 Å². The second-order valence-electron chi connectivity index (χ2n) is 5.35. The van der Waals surface area contributed by atoms with Gasteiger partial charge in [0.1, 0.15) is 17.2 Å². The number of hydrogen-bond acceptors (Lipinski definition) is 4. The summed E-state index contributed by atoms with van der Waals surface area (Å²) in [5.41, 5.74) is 2.53. The van der Waals surface area contributed by atoms with Crippen molar-refractivity contribution >= 4 is 22.6 Å². The number of halogens is 2. The van der Waals surface area contributed by atoms with Crippen LogP contribution in [-0.2, 0) is 6.42 Å². The van der Waals surface area contributed by atoms with Crippen LogP contribution in [0.2, 0.25) is 5.02 Å². The molecule has 0 atom stereocenters. The molecule has 1 N–H and O–H groups in total. The van der Waals surface area contributed by atoms with Crippen LogP contribution in [0.5, 0.6) is 0 Å². The number of H-pyrrole nitrogens is 1. The lowest BCUT2D eigenvalue weighted by molar-refractivity contribution is 0.613. The van der Waals surface area contributed by atoms with Gasteiger partial charge in [-0.15, -0.1) is 0 Å². The summed E-state index contributed by atoms with van der Waals surface area (Å²) in [6, 6.07) is 8.36. The maximum Gasteiger partial charge on any atom is 0.247 e. The minimum atomic E-state index is -0.273. The maximum atomic E-state index is 14.0. The van der Waals surface area contributed by atoms with Crippen molar-refractivity contribution in [2.75, 3.05) is 0 Å². The van der Waals surface area contributed by atoms with Gasteiger partial charge in [0.15, 0.2) is 0 Å². The second kappa shape index (κ2) is 5.68. The Morgan fingerprint density at radius 1 is 1.29 bits per heavy atom. The first-order valence-corrected chi connectivity index (χ1v) is 7.65. The van der Waals surface area contributed by atoms with E-state index in [1.807, 2.05) is 0 Å². The van der Waals surface area contributed by atoms with Crippen LogP contribution >= 0.6 is 11.6 Å². The van der Waals surface area contributed by atoms with E-state index in [0.717, 1.165) is 0 Å². The van der Waals surface area contributed by atoms with Gasteiger partial charge in [0, 0.05) is 12.6 Å². The van der Waals surface area contributed by atoms with Gasteiger partial charge in [-0.05, 0) is 24.6 Å². The molecule has 0 amide bonds. The smallest absolute Gasteiger partial charge is 0.247 e.